The van der Waals surface area contributed by atoms with Gasteiger partial charge in [0.05, 0.1) is 6.54 Å². The van der Waals surface area contributed by atoms with E-state index in [0.717, 1.165) is 12.4 Å². The summed E-state index contributed by atoms with van der Waals surface area (Å²) in [5, 5.41) is 2.96. The van der Waals surface area contributed by atoms with Crippen LogP contribution in [0.1, 0.15) is 19.7 Å². The Bertz CT molecular complexity index is 507. The Kier molecular flexibility index (Phi) is 3.92. The number of nitrogens with zero attached hydrogens (tertiary/aromatic N) is 3. The molecule has 1 N–H and O–H groups in total. The van der Waals surface area contributed by atoms with Crippen LogP contribution in [0.4, 0.5) is 10.2 Å². The monoisotopic (exact) mass is 248 g/mol. The van der Waals surface area contributed by atoms with Gasteiger partial charge in [0.2, 0.25) is 0 Å². The number of anilines is 1. The molecule has 2 heterocycles. The summed E-state index contributed by atoms with van der Waals surface area (Å²) in [6.45, 7) is 5.67. The normalized spacial score (nSPS) is 10.9. The van der Waals surface area contributed by atoms with Crippen molar-refractivity contribution in [2.75, 3.05) is 5.32 Å². The molecule has 0 fully saturated rings. The zero-order valence-corrected chi connectivity index (χ0v) is 10.6. The topological polar surface area (TPSA) is 42.7 Å². The van der Waals surface area contributed by atoms with Gasteiger partial charge in [-0.05, 0) is 18.1 Å². The highest BCUT2D eigenvalue weighted by Crippen LogP contribution is 2.10. The minimum Gasteiger partial charge on any atom is -0.360 e. The van der Waals surface area contributed by atoms with Crippen LogP contribution >= 0.6 is 0 Å². The predicted octanol–water partition coefficient (Wildman–Crippen LogP) is 2.69. The summed E-state index contributed by atoms with van der Waals surface area (Å²) in [5.74, 6) is 1.34. The van der Waals surface area contributed by atoms with Gasteiger partial charge in [-0.2, -0.15) is 0 Å². The zero-order valence-electron chi connectivity index (χ0n) is 10.6. The third-order valence-electron chi connectivity index (χ3n) is 2.54. The van der Waals surface area contributed by atoms with E-state index in [1.807, 2.05) is 6.20 Å². The van der Waals surface area contributed by atoms with Crippen LogP contribution in [0.15, 0.2) is 30.7 Å². The molecule has 0 radical (unpaired) electrons. The first-order valence-corrected chi connectivity index (χ1v) is 6.01. The third kappa shape index (κ3) is 3.06. The number of aromatic nitrogens is 3. The van der Waals surface area contributed by atoms with E-state index in [2.05, 4.69) is 33.7 Å². The molecule has 0 aromatic carbocycles. The summed E-state index contributed by atoms with van der Waals surface area (Å²) in [5.41, 5.74) is 0. The maximum atomic E-state index is 13.4. The van der Waals surface area contributed by atoms with Crippen molar-refractivity contribution < 1.29 is 4.39 Å². The van der Waals surface area contributed by atoms with Crippen molar-refractivity contribution in [1.29, 1.82) is 0 Å². The van der Waals surface area contributed by atoms with E-state index in [1.54, 1.807) is 18.5 Å². The molecular weight excluding hydrogens is 231 g/mol. The van der Waals surface area contributed by atoms with E-state index in [0.29, 0.717) is 12.5 Å². The summed E-state index contributed by atoms with van der Waals surface area (Å²) in [6, 6.07) is 2.95. The highest BCUT2D eigenvalue weighted by atomic mass is 19.1. The Hall–Kier alpha value is -1.91. The van der Waals surface area contributed by atoms with Crippen molar-refractivity contribution >= 4 is 5.82 Å². The number of halogens is 1. The second-order valence-corrected chi connectivity index (χ2v) is 4.58. The molecule has 0 atom stereocenters. The molecule has 0 unspecified atom stereocenters. The molecular formula is C13H17FN4. The van der Waals surface area contributed by atoms with E-state index in [-0.39, 0.29) is 11.6 Å². The highest BCUT2D eigenvalue weighted by Gasteiger charge is 2.06. The fraction of sp³-hybridized carbons (Fsp3) is 0.385. The number of rotatable bonds is 5. The van der Waals surface area contributed by atoms with E-state index < -0.39 is 0 Å². The van der Waals surface area contributed by atoms with Crippen molar-refractivity contribution in [3.05, 3.63) is 42.4 Å². The van der Waals surface area contributed by atoms with Crippen LogP contribution in [0.5, 0.6) is 0 Å². The minimum atomic E-state index is -0.348. The number of pyridine rings is 1. The van der Waals surface area contributed by atoms with Crippen molar-refractivity contribution in [3.63, 3.8) is 0 Å². The van der Waals surface area contributed by atoms with Gasteiger partial charge in [0.15, 0.2) is 11.6 Å². The number of imidazole rings is 1. The number of hydrogen-bond acceptors (Lipinski definition) is 3. The van der Waals surface area contributed by atoms with Gasteiger partial charge in [-0.3, -0.25) is 0 Å². The lowest BCUT2D eigenvalue weighted by atomic mass is 10.2. The molecule has 0 saturated carbocycles. The van der Waals surface area contributed by atoms with E-state index in [9.17, 15) is 4.39 Å². The standard InChI is InChI=1S/C13H17FN4/c1-10(2)9-18-7-6-15-12(18)8-17-13-11(14)4-3-5-16-13/h3-7,10H,8-9H2,1-2H3,(H,16,17). The van der Waals surface area contributed by atoms with E-state index in [4.69, 9.17) is 0 Å². The van der Waals surface area contributed by atoms with Crippen molar-refractivity contribution in [1.82, 2.24) is 14.5 Å². The molecule has 0 aliphatic rings. The fourth-order valence-corrected chi connectivity index (χ4v) is 1.75. The average Bonchev–Trinajstić information content (AvgIpc) is 2.75. The molecule has 5 heteroatoms. The second-order valence-electron chi connectivity index (χ2n) is 4.58. The largest absolute Gasteiger partial charge is 0.360 e. The molecule has 0 aliphatic heterocycles. The molecule has 4 nitrogen and oxygen atoms in total. The van der Waals surface area contributed by atoms with Crippen LogP contribution < -0.4 is 5.32 Å². The lowest BCUT2D eigenvalue weighted by molar-refractivity contribution is 0.508. The van der Waals surface area contributed by atoms with Crippen LogP contribution in [-0.4, -0.2) is 14.5 Å². The number of nitrogens with one attached hydrogen (secondary N) is 1. The smallest absolute Gasteiger partial charge is 0.165 e. The van der Waals surface area contributed by atoms with Crippen LogP contribution in [0.2, 0.25) is 0 Å². The summed E-state index contributed by atoms with van der Waals surface area (Å²) in [4.78, 5) is 8.21. The molecule has 0 aliphatic carbocycles. The molecule has 2 aromatic heterocycles. The third-order valence-corrected chi connectivity index (χ3v) is 2.54. The fourth-order valence-electron chi connectivity index (χ4n) is 1.75. The van der Waals surface area contributed by atoms with Crippen LogP contribution in [0.25, 0.3) is 0 Å². The predicted molar refractivity (Wildman–Crippen MR) is 68.6 cm³/mol. The number of hydrogen-bond donors (Lipinski definition) is 1. The van der Waals surface area contributed by atoms with Gasteiger partial charge in [-0.25, -0.2) is 14.4 Å². The molecule has 0 saturated heterocycles. The molecule has 2 rings (SSSR count). The van der Waals surface area contributed by atoms with Crippen LogP contribution in [0, 0.1) is 11.7 Å². The first-order chi connectivity index (χ1) is 8.66. The summed E-state index contributed by atoms with van der Waals surface area (Å²) in [6.07, 6.45) is 5.26. The van der Waals surface area contributed by atoms with Gasteiger partial charge in [0, 0.05) is 25.1 Å². The van der Waals surface area contributed by atoms with Gasteiger partial charge < -0.3 is 9.88 Å². The second kappa shape index (κ2) is 5.62. The van der Waals surface area contributed by atoms with Crippen LogP contribution in [-0.2, 0) is 13.1 Å². The molecule has 18 heavy (non-hydrogen) atoms. The average molecular weight is 248 g/mol. The Morgan fingerprint density at radius 1 is 1.33 bits per heavy atom. The maximum Gasteiger partial charge on any atom is 0.165 e. The Balaban J connectivity index is 2.02. The van der Waals surface area contributed by atoms with Gasteiger partial charge in [-0.1, -0.05) is 13.8 Å². The van der Waals surface area contributed by atoms with Gasteiger partial charge >= 0.3 is 0 Å². The SMILES string of the molecule is CC(C)Cn1ccnc1CNc1ncccc1F. The lowest BCUT2D eigenvalue weighted by Gasteiger charge is -2.11. The van der Waals surface area contributed by atoms with Crippen molar-refractivity contribution in [2.24, 2.45) is 5.92 Å². The van der Waals surface area contributed by atoms with Gasteiger partial charge in [0.1, 0.15) is 5.82 Å². The summed E-state index contributed by atoms with van der Waals surface area (Å²) >= 11 is 0. The van der Waals surface area contributed by atoms with E-state index in [1.165, 1.54) is 6.07 Å². The highest BCUT2D eigenvalue weighted by molar-refractivity contribution is 5.35. The molecule has 0 bridgehead atoms. The van der Waals surface area contributed by atoms with Gasteiger partial charge in [0.25, 0.3) is 0 Å². The molecule has 0 amide bonds. The van der Waals surface area contributed by atoms with Crippen molar-refractivity contribution in [3.8, 4) is 0 Å². The lowest BCUT2D eigenvalue weighted by Crippen LogP contribution is -2.12. The first-order valence-electron chi connectivity index (χ1n) is 6.01. The molecule has 2 aromatic rings. The minimum absolute atomic E-state index is 0.261. The van der Waals surface area contributed by atoms with Crippen molar-refractivity contribution in [2.45, 2.75) is 26.9 Å². The molecule has 0 spiro atoms. The maximum absolute atomic E-state index is 13.4. The Labute approximate surface area is 106 Å². The Morgan fingerprint density at radius 2 is 2.17 bits per heavy atom. The zero-order chi connectivity index (χ0) is 13.0. The Morgan fingerprint density at radius 3 is 2.89 bits per heavy atom. The summed E-state index contributed by atoms with van der Waals surface area (Å²) < 4.78 is 15.4. The summed E-state index contributed by atoms with van der Waals surface area (Å²) in [7, 11) is 0. The van der Waals surface area contributed by atoms with Gasteiger partial charge in [-0.15, -0.1) is 0 Å². The van der Waals surface area contributed by atoms with Crippen LogP contribution in [0.3, 0.4) is 0 Å². The van der Waals surface area contributed by atoms with E-state index >= 15 is 0 Å². The first kappa shape index (κ1) is 12.5. The quantitative estimate of drug-likeness (QED) is 0.884. The molecule has 96 valence electrons.